The smallest absolute Gasteiger partial charge is 0.224 e. The summed E-state index contributed by atoms with van der Waals surface area (Å²) in [6.07, 6.45) is 5.86. The van der Waals surface area contributed by atoms with Gasteiger partial charge in [0.2, 0.25) is 5.91 Å². The Bertz CT molecular complexity index is 837. The third kappa shape index (κ3) is 3.91. The Balaban J connectivity index is 1.39. The zero-order valence-corrected chi connectivity index (χ0v) is 16.0. The van der Waals surface area contributed by atoms with Gasteiger partial charge in [-0.2, -0.15) is 0 Å². The van der Waals surface area contributed by atoms with E-state index in [2.05, 4.69) is 29.9 Å². The van der Waals surface area contributed by atoms with E-state index >= 15 is 0 Å². The second-order valence-corrected chi connectivity index (χ2v) is 8.02. The molecule has 2 aliphatic carbocycles. The molecule has 2 aromatic carbocycles. The summed E-state index contributed by atoms with van der Waals surface area (Å²) in [5, 5.41) is 4.10. The van der Waals surface area contributed by atoms with Gasteiger partial charge in [0, 0.05) is 17.3 Å². The van der Waals surface area contributed by atoms with Crippen molar-refractivity contribution in [2.24, 2.45) is 17.1 Å². The van der Waals surface area contributed by atoms with Crippen LogP contribution >= 0.6 is 11.6 Å². The monoisotopic (exact) mass is 383 g/mol. The lowest BCUT2D eigenvalue weighted by Crippen LogP contribution is -2.37. The summed E-state index contributed by atoms with van der Waals surface area (Å²) in [6, 6.07) is 13.8. The van der Waals surface area contributed by atoms with Gasteiger partial charge in [-0.05, 0) is 85.5 Å². The molecule has 1 saturated carbocycles. The highest BCUT2D eigenvalue weighted by Crippen LogP contribution is 2.48. The molecule has 0 aromatic heterocycles. The van der Waals surface area contributed by atoms with Crippen molar-refractivity contribution < 1.29 is 9.53 Å². The molecule has 2 atom stereocenters. The van der Waals surface area contributed by atoms with Crippen LogP contribution in [0.15, 0.2) is 42.5 Å². The van der Waals surface area contributed by atoms with Crippen LogP contribution in [-0.2, 0) is 17.6 Å². The summed E-state index contributed by atoms with van der Waals surface area (Å²) in [7, 11) is 0. The van der Waals surface area contributed by atoms with E-state index in [1.807, 2.05) is 24.3 Å². The number of hydrogen-bond donors (Lipinski definition) is 2. The normalized spacial score (nSPS) is 23.4. The summed E-state index contributed by atoms with van der Waals surface area (Å²) in [4.78, 5) is 12.1. The predicted molar refractivity (Wildman–Crippen MR) is 108 cm³/mol. The number of amides is 1. The minimum absolute atomic E-state index is 0.187. The molecule has 3 N–H and O–H groups in total. The van der Waals surface area contributed by atoms with Crippen LogP contribution in [0.25, 0.3) is 0 Å². The quantitative estimate of drug-likeness (QED) is 0.740. The fourth-order valence-electron chi connectivity index (χ4n) is 4.28. The van der Waals surface area contributed by atoms with Gasteiger partial charge in [0.05, 0.1) is 5.41 Å². The molecule has 0 aliphatic heterocycles. The maximum absolute atomic E-state index is 12.1. The SMILES string of the molecule is NC(=O)C12[CH]C(CC1)Cc1ccc(NCCOc3ccc(Cl)cc3)cc1C2. The molecule has 4 nitrogen and oxygen atoms in total. The summed E-state index contributed by atoms with van der Waals surface area (Å²) in [6.45, 7) is 1.25. The number of nitrogens with one attached hydrogen (secondary N) is 1. The zero-order valence-electron chi connectivity index (χ0n) is 15.2. The van der Waals surface area contributed by atoms with Crippen LogP contribution in [0.3, 0.4) is 0 Å². The molecule has 2 unspecified atom stereocenters. The third-order valence-corrected chi connectivity index (χ3v) is 5.97. The second-order valence-electron chi connectivity index (χ2n) is 7.58. The van der Waals surface area contributed by atoms with Crippen molar-refractivity contribution in [3.05, 3.63) is 65.0 Å². The molecule has 2 aromatic rings. The standard InChI is InChI=1S/C22H24ClN2O2/c23-18-2-5-20(6-3-18)27-10-9-25-19-4-1-16-11-15-7-8-22(13-15,21(24)26)14-17(16)12-19/h1-6,12-13,15,25H,7-11,14H2,(H2,24,26). The van der Waals surface area contributed by atoms with Crippen LogP contribution in [0.1, 0.15) is 24.0 Å². The van der Waals surface area contributed by atoms with Crippen LogP contribution in [0, 0.1) is 17.8 Å². The first-order valence-corrected chi connectivity index (χ1v) is 9.82. The average molecular weight is 384 g/mol. The highest BCUT2D eigenvalue weighted by Gasteiger charge is 2.46. The first kappa shape index (κ1) is 18.2. The first-order valence-electron chi connectivity index (χ1n) is 9.44. The largest absolute Gasteiger partial charge is 0.492 e. The summed E-state index contributed by atoms with van der Waals surface area (Å²) in [5.74, 6) is 1.08. The molecular formula is C22H24ClN2O2. The van der Waals surface area contributed by atoms with Gasteiger partial charge in [0.25, 0.3) is 0 Å². The van der Waals surface area contributed by atoms with Gasteiger partial charge < -0.3 is 15.8 Å². The van der Waals surface area contributed by atoms with E-state index in [0.717, 1.165) is 30.7 Å². The van der Waals surface area contributed by atoms with Gasteiger partial charge in [-0.1, -0.05) is 17.7 Å². The van der Waals surface area contributed by atoms with Crippen molar-refractivity contribution in [1.82, 2.24) is 0 Å². The number of rotatable bonds is 6. The molecule has 0 heterocycles. The Morgan fingerprint density at radius 1 is 1.22 bits per heavy atom. The maximum Gasteiger partial charge on any atom is 0.224 e. The Morgan fingerprint density at radius 3 is 2.81 bits per heavy atom. The van der Waals surface area contributed by atoms with Crippen molar-refractivity contribution >= 4 is 23.2 Å². The van der Waals surface area contributed by atoms with E-state index in [4.69, 9.17) is 22.1 Å². The summed E-state index contributed by atoms with van der Waals surface area (Å²) < 4.78 is 5.72. The molecule has 0 saturated heterocycles. The number of benzene rings is 2. The number of anilines is 1. The molecule has 141 valence electrons. The van der Waals surface area contributed by atoms with E-state index in [0.29, 0.717) is 30.5 Å². The number of carbonyl (C=O) groups is 1. The van der Waals surface area contributed by atoms with E-state index in [1.165, 1.54) is 11.1 Å². The minimum atomic E-state index is -0.466. The third-order valence-electron chi connectivity index (χ3n) is 5.71. The van der Waals surface area contributed by atoms with Crippen molar-refractivity contribution in [3.63, 3.8) is 0 Å². The van der Waals surface area contributed by atoms with Crippen LogP contribution in [0.5, 0.6) is 5.75 Å². The van der Waals surface area contributed by atoms with Gasteiger partial charge in [-0.3, -0.25) is 4.79 Å². The van der Waals surface area contributed by atoms with E-state index in [9.17, 15) is 4.79 Å². The van der Waals surface area contributed by atoms with Gasteiger partial charge in [-0.15, -0.1) is 0 Å². The first-order chi connectivity index (χ1) is 13.0. The highest BCUT2D eigenvalue weighted by atomic mass is 35.5. The summed E-state index contributed by atoms with van der Waals surface area (Å²) in [5.41, 5.74) is 8.90. The molecule has 2 bridgehead atoms. The van der Waals surface area contributed by atoms with Gasteiger partial charge in [-0.25, -0.2) is 0 Å². The Morgan fingerprint density at radius 2 is 2.04 bits per heavy atom. The van der Waals surface area contributed by atoms with Gasteiger partial charge in [0.1, 0.15) is 12.4 Å². The molecule has 1 amide bonds. The maximum atomic E-state index is 12.1. The Kier molecular flexibility index (Phi) is 5.00. The van der Waals surface area contributed by atoms with Crippen molar-refractivity contribution in [2.45, 2.75) is 25.7 Å². The molecule has 1 radical (unpaired) electrons. The molecule has 0 spiro atoms. The number of halogens is 1. The molecule has 1 fully saturated rings. The van der Waals surface area contributed by atoms with Crippen LogP contribution < -0.4 is 15.8 Å². The van der Waals surface area contributed by atoms with Gasteiger partial charge in [0.15, 0.2) is 0 Å². The van der Waals surface area contributed by atoms with E-state index < -0.39 is 5.41 Å². The van der Waals surface area contributed by atoms with E-state index in [-0.39, 0.29) is 5.91 Å². The number of primary amides is 1. The Labute approximate surface area is 165 Å². The molecule has 4 rings (SSSR count). The summed E-state index contributed by atoms with van der Waals surface area (Å²) >= 11 is 5.88. The number of nitrogens with two attached hydrogens (primary N) is 1. The van der Waals surface area contributed by atoms with Gasteiger partial charge >= 0.3 is 0 Å². The lowest BCUT2D eigenvalue weighted by atomic mass is 9.79. The molecule has 5 heteroatoms. The minimum Gasteiger partial charge on any atom is -0.492 e. The Hall–Kier alpha value is -2.20. The number of fused-ring (bicyclic) bond motifs is 3. The molecule has 2 aliphatic rings. The van der Waals surface area contributed by atoms with Crippen molar-refractivity contribution in [2.75, 3.05) is 18.5 Å². The lowest BCUT2D eigenvalue weighted by molar-refractivity contribution is -0.125. The molecule has 27 heavy (non-hydrogen) atoms. The number of hydrogen-bond acceptors (Lipinski definition) is 3. The zero-order chi connectivity index (χ0) is 18.9. The molecular weight excluding hydrogens is 360 g/mol. The average Bonchev–Trinajstić information content (AvgIpc) is 2.97. The van der Waals surface area contributed by atoms with Crippen LogP contribution in [0.4, 0.5) is 5.69 Å². The number of carbonyl (C=O) groups excluding carboxylic acids is 1. The fraction of sp³-hybridized carbons (Fsp3) is 0.364. The number of ether oxygens (including phenoxy) is 1. The van der Waals surface area contributed by atoms with Crippen molar-refractivity contribution in [1.29, 1.82) is 0 Å². The second kappa shape index (κ2) is 7.43. The van der Waals surface area contributed by atoms with Crippen molar-refractivity contribution in [3.8, 4) is 5.75 Å². The topological polar surface area (TPSA) is 64.4 Å². The highest BCUT2D eigenvalue weighted by molar-refractivity contribution is 6.30. The fourth-order valence-corrected chi connectivity index (χ4v) is 4.40. The van der Waals surface area contributed by atoms with Crippen LogP contribution in [0.2, 0.25) is 5.02 Å². The van der Waals surface area contributed by atoms with E-state index in [1.54, 1.807) is 0 Å². The lowest BCUT2D eigenvalue weighted by Gasteiger charge is -2.25. The predicted octanol–water partition coefficient (Wildman–Crippen LogP) is 4.02. The van der Waals surface area contributed by atoms with Crippen LogP contribution in [-0.4, -0.2) is 19.1 Å².